The van der Waals surface area contributed by atoms with Crippen molar-refractivity contribution in [2.75, 3.05) is 7.11 Å². The zero-order valence-corrected chi connectivity index (χ0v) is 9.05. The quantitative estimate of drug-likeness (QED) is 0.853. The molecule has 0 spiro atoms. The highest BCUT2D eigenvalue weighted by atomic mass is 16.5. The summed E-state index contributed by atoms with van der Waals surface area (Å²) >= 11 is 0. The minimum absolute atomic E-state index is 0.0516. The van der Waals surface area contributed by atoms with Crippen molar-refractivity contribution in [3.8, 4) is 17.0 Å². The molecule has 16 heavy (non-hydrogen) atoms. The molecule has 3 heteroatoms. The van der Waals surface area contributed by atoms with Gasteiger partial charge in [-0.05, 0) is 28.8 Å². The molecule has 1 aromatic carbocycles. The summed E-state index contributed by atoms with van der Waals surface area (Å²) < 4.78 is 5.07. The number of nitrogens with zero attached hydrogens (tertiary/aromatic N) is 1. The van der Waals surface area contributed by atoms with Gasteiger partial charge in [-0.1, -0.05) is 18.2 Å². The molecule has 0 aliphatic heterocycles. The summed E-state index contributed by atoms with van der Waals surface area (Å²) in [5, 5.41) is 9.07. The summed E-state index contributed by atoms with van der Waals surface area (Å²) in [5.74, 6) is 0.590. The van der Waals surface area contributed by atoms with Gasteiger partial charge < -0.3 is 9.84 Å². The van der Waals surface area contributed by atoms with Crippen LogP contribution < -0.4 is 4.74 Å². The Morgan fingerprint density at radius 1 is 1.19 bits per heavy atom. The maximum absolute atomic E-state index is 9.07. The lowest BCUT2D eigenvalue weighted by molar-refractivity contribution is 0.282. The minimum atomic E-state index is 0.0516. The van der Waals surface area contributed by atoms with Crippen molar-refractivity contribution in [2.24, 2.45) is 0 Å². The second-order valence-corrected chi connectivity index (χ2v) is 3.45. The van der Waals surface area contributed by atoms with Gasteiger partial charge in [0.25, 0.3) is 0 Å². The van der Waals surface area contributed by atoms with Crippen LogP contribution in [-0.2, 0) is 6.61 Å². The molecule has 1 N–H and O–H groups in total. The number of aromatic nitrogens is 1. The molecule has 2 aromatic rings. The molecule has 0 aliphatic carbocycles. The van der Waals surface area contributed by atoms with E-state index in [9.17, 15) is 0 Å². The fourth-order valence-corrected chi connectivity index (χ4v) is 1.55. The first-order valence-corrected chi connectivity index (χ1v) is 5.03. The maximum atomic E-state index is 9.07. The first kappa shape index (κ1) is 10.6. The molecule has 0 saturated carbocycles. The summed E-state index contributed by atoms with van der Waals surface area (Å²) in [4.78, 5) is 4.05. The Balaban J connectivity index is 2.41. The number of aliphatic hydroxyl groups excluding tert-OH is 1. The number of pyridine rings is 1. The van der Waals surface area contributed by atoms with Gasteiger partial charge in [-0.3, -0.25) is 0 Å². The number of hydrogen-bond acceptors (Lipinski definition) is 3. The smallest absolute Gasteiger partial charge is 0.213 e. The van der Waals surface area contributed by atoms with Gasteiger partial charge in [-0.2, -0.15) is 0 Å². The Morgan fingerprint density at radius 3 is 2.75 bits per heavy atom. The van der Waals surface area contributed by atoms with Crippen LogP contribution >= 0.6 is 0 Å². The topological polar surface area (TPSA) is 42.4 Å². The summed E-state index contributed by atoms with van der Waals surface area (Å²) in [6.45, 7) is 0.0516. The van der Waals surface area contributed by atoms with Gasteiger partial charge in [0.2, 0.25) is 5.88 Å². The van der Waals surface area contributed by atoms with Crippen LogP contribution in [0.25, 0.3) is 11.1 Å². The first-order chi connectivity index (χ1) is 7.83. The van der Waals surface area contributed by atoms with Crippen LogP contribution in [0.1, 0.15) is 5.56 Å². The standard InChI is InChI=1S/C13H13NO2/c1-16-13-8-12(5-6-14-13)11-4-2-3-10(7-11)9-15/h2-8,15H,9H2,1H3. The van der Waals surface area contributed by atoms with E-state index in [1.807, 2.05) is 36.4 Å². The second kappa shape index (κ2) is 4.77. The van der Waals surface area contributed by atoms with E-state index in [4.69, 9.17) is 9.84 Å². The van der Waals surface area contributed by atoms with Gasteiger partial charge in [0.05, 0.1) is 13.7 Å². The average molecular weight is 215 g/mol. The fraction of sp³-hybridized carbons (Fsp3) is 0.154. The van der Waals surface area contributed by atoms with Crippen LogP contribution in [0.15, 0.2) is 42.6 Å². The van der Waals surface area contributed by atoms with Crippen LogP contribution in [0.2, 0.25) is 0 Å². The molecule has 1 heterocycles. The predicted molar refractivity (Wildman–Crippen MR) is 62.1 cm³/mol. The van der Waals surface area contributed by atoms with Crippen molar-refractivity contribution in [1.29, 1.82) is 0 Å². The molecule has 2 rings (SSSR count). The molecule has 0 aliphatic rings. The number of rotatable bonds is 3. The van der Waals surface area contributed by atoms with Crippen molar-refractivity contribution >= 4 is 0 Å². The van der Waals surface area contributed by atoms with E-state index in [1.165, 1.54) is 0 Å². The molecule has 0 saturated heterocycles. The summed E-state index contributed by atoms with van der Waals surface area (Å²) in [6.07, 6.45) is 1.71. The van der Waals surface area contributed by atoms with E-state index in [0.29, 0.717) is 5.88 Å². The van der Waals surface area contributed by atoms with E-state index in [0.717, 1.165) is 16.7 Å². The Labute approximate surface area is 94.3 Å². The third-order valence-electron chi connectivity index (χ3n) is 2.39. The average Bonchev–Trinajstić information content (AvgIpc) is 2.39. The highest BCUT2D eigenvalue weighted by Crippen LogP contribution is 2.22. The number of aliphatic hydroxyl groups is 1. The van der Waals surface area contributed by atoms with Gasteiger partial charge in [0.15, 0.2) is 0 Å². The van der Waals surface area contributed by atoms with E-state index in [2.05, 4.69) is 4.98 Å². The fourth-order valence-electron chi connectivity index (χ4n) is 1.55. The number of benzene rings is 1. The zero-order chi connectivity index (χ0) is 11.4. The lowest BCUT2D eigenvalue weighted by Gasteiger charge is -2.05. The molecular formula is C13H13NO2. The van der Waals surface area contributed by atoms with Crippen molar-refractivity contribution < 1.29 is 9.84 Å². The third-order valence-corrected chi connectivity index (χ3v) is 2.39. The van der Waals surface area contributed by atoms with Gasteiger partial charge in [-0.25, -0.2) is 4.98 Å². The van der Waals surface area contributed by atoms with Gasteiger partial charge in [-0.15, -0.1) is 0 Å². The number of methoxy groups -OCH3 is 1. The van der Waals surface area contributed by atoms with E-state index in [1.54, 1.807) is 13.3 Å². The molecule has 0 radical (unpaired) electrons. The highest BCUT2D eigenvalue weighted by Gasteiger charge is 2.01. The molecule has 0 bridgehead atoms. The van der Waals surface area contributed by atoms with E-state index >= 15 is 0 Å². The lowest BCUT2D eigenvalue weighted by Crippen LogP contribution is -1.88. The van der Waals surface area contributed by atoms with Crippen molar-refractivity contribution in [3.63, 3.8) is 0 Å². The Morgan fingerprint density at radius 2 is 2.00 bits per heavy atom. The SMILES string of the molecule is COc1cc(-c2cccc(CO)c2)ccn1. The zero-order valence-electron chi connectivity index (χ0n) is 9.05. The van der Waals surface area contributed by atoms with Crippen LogP contribution in [0, 0.1) is 0 Å². The molecular weight excluding hydrogens is 202 g/mol. The summed E-state index contributed by atoms with van der Waals surface area (Å²) in [5.41, 5.74) is 2.97. The maximum Gasteiger partial charge on any atom is 0.213 e. The van der Waals surface area contributed by atoms with Crippen LogP contribution in [-0.4, -0.2) is 17.2 Å². The molecule has 82 valence electrons. The van der Waals surface area contributed by atoms with Crippen LogP contribution in [0.3, 0.4) is 0 Å². The Kier molecular flexibility index (Phi) is 3.17. The van der Waals surface area contributed by atoms with Crippen molar-refractivity contribution in [1.82, 2.24) is 4.98 Å². The molecule has 1 aromatic heterocycles. The number of hydrogen-bond donors (Lipinski definition) is 1. The van der Waals surface area contributed by atoms with Crippen LogP contribution in [0.4, 0.5) is 0 Å². The molecule has 3 nitrogen and oxygen atoms in total. The predicted octanol–water partition coefficient (Wildman–Crippen LogP) is 2.25. The van der Waals surface area contributed by atoms with Gasteiger partial charge >= 0.3 is 0 Å². The van der Waals surface area contributed by atoms with Crippen LogP contribution in [0.5, 0.6) is 5.88 Å². The van der Waals surface area contributed by atoms with E-state index in [-0.39, 0.29) is 6.61 Å². The largest absolute Gasteiger partial charge is 0.481 e. The second-order valence-electron chi connectivity index (χ2n) is 3.45. The minimum Gasteiger partial charge on any atom is -0.481 e. The molecule has 0 fully saturated rings. The highest BCUT2D eigenvalue weighted by molar-refractivity contribution is 5.64. The number of ether oxygens (including phenoxy) is 1. The normalized spacial score (nSPS) is 10.1. The Bertz CT molecular complexity index is 437. The van der Waals surface area contributed by atoms with Crippen molar-refractivity contribution in [2.45, 2.75) is 6.61 Å². The van der Waals surface area contributed by atoms with Gasteiger partial charge in [0.1, 0.15) is 0 Å². The molecule has 0 unspecified atom stereocenters. The van der Waals surface area contributed by atoms with Crippen molar-refractivity contribution in [3.05, 3.63) is 48.2 Å². The molecule has 0 atom stereocenters. The molecule has 0 amide bonds. The Hall–Kier alpha value is -1.87. The summed E-state index contributed by atoms with van der Waals surface area (Å²) in [7, 11) is 1.59. The van der Waals surface area contributed by atoms with Gasteiger partial charge in [0, 0.05) is 12.3 Å². The monoisotopic (exact) mass is 215 g/mol. The lowest BCUT2D eigenvalue weighted by atomic mass is 10.0. The summed E-state index contributed by atoms with van der Waals surface area (Å²) in [6, 6.07) is 11.5. The van der Waals surface area contributed by atoms with E-state index < -0.39 is 0 Å². The third kappa shape index (κ3) is 2.20. The first-order valence-electron chi connectivity index (χ1n) is 5.03.